The summed E-state index contributed by atoms with van der Waals surface area (Å²) in [4.78, 5) is 2.53. The number of hydrogen-bond donors (Lipinski definition) is 0. The molecule has 1 heterocycles. The Balaban J connectivity index is 1.80. The van der Waals surface area contributed by atoms with Crippen LogP contribution in [0.1, 0.15) is 19.3 Å². The molecule has 1 nitrogen and oxygen atoms in total. The first-order valence-corrected chi connectivity index (χ1v) is 5.18. The Kier molecular flexibility index (Phi) is 1.43. The summed E-state index contributed by atoms with van der Waals surface area (Å²) in [5.41, 5.74) is 2.15. The van der Waals surface area contributed by atoms with E-state index in [-0.39, 0.29) is 0 Å². The van der Waals surface area contributed by atoms with Crippen molar-refractivity contribution >= 4 is 5.69 Å². The van der Waals surface area contributed by atoms with Crippen LogP contribution in [-0.2, 0) is 0 Å². The summed E-state index contributed by atoms with van der Waals surface area (Å²) in [5, 5.41) is 0. The first kappa shape index (κ1) is 7.43. The maximum Gasteiger partial charge on any atom is 0.0366 e. The highest BCUT2D eigenvalue weighted by Gasteiger charge is 2.47. The highest BCUT2D eigenvalue weighted by Crippen LogP contribution is 2.53. The molecule has 1 aromatic carbocycles. The fraction of sp³-hybridized carbons (Fsp3) is 0.500. The summed E-state index contributed by atoms with van der Waals surface area (Å²) < 4.78 is 0. The van der Waals surface area contributed by atoms with Crippen LogP contribution in [0.15, 0.2) is 30.3 Å². The number of benzene rings is 1. The third-order valence-corrected chi connectivity index (χ3v) is 3.52. The highest BCUT2D eigenvalue weighted by atomic mass is 15.2. The predicted octanol–water partition coefficient (Wildman–Crippen LogP) is 2.68. The van der Waals surface area contributed by atoms with Gasteiger partial charge in [-0.05, 0) is 36.8 Å². The van der Waals surface area contributed by atoms with E-state index in [0.717, 1.165) is 5.41 Å². The van der Waals surface area contributed by atoms with E-state index in [0.29, 0.717) is 0 Å². The van der Waals surface area contributed by atoms with Crippen molar-refractivity contribution in [1.82, 2.24) is 0 Å². The molecule has 1 saturated carbocycles. The van der Waals surface area contributed by atoms with Crippen molar-refractivity contribution in [3.8, 4) is 0 Å². The van der Waals surface area contributed by atoms with Crippen LogP contribution < -0.4 is 4.90 Å². The third-order valence-electron chi connectivity index (χ3n) is 3.52. The molecule has 1 aliphatic heterocycles. The fourth-order valence-corrected chi connectivity index (χ4v) is 2.38. The van der Waals surface area contributed by atoms with Crippen molar-refractivity contribution < 1.29 is 0 Å². The van der Waals surface area contributed by atoms with Crippen molar-refractivity contribution in [2.24, 2.45) is 5.41 Å². The number of anilines is 1. The van der Waals surface area contributed by atoms with E-state index >= 15 is 0 Å². The second-order valence-corrected chi connectivity index (χ2v) is 4.51. The van der Waals surface area contributed by atoms with Gasteiger partial charge < -0.3 is 4.90 Å². The Morgan fingerprint density at radius 3 is 2.38 bits per heavy atom. The largest absolute Gasteiger partial charge is 0.371 e. The molecule has 2 fully saturated rings. The van der Waals surface area contributed by atoms with Gasteiger partial charge in [-0.2, -0.15) is 0 Å². The molecule has 0 amide bonds. The average Bonchev–Trinajstić information content (AvgIpc) is 2.78. The van der Waals surface area contributed by atoms with Gasteiger partial charge in [0.2, 0.25) is 0 Å². The lowest BCUT2D eigenvalue weighted by Gasteiger charge is -2.18. The summed E-state index contributed by atoms with van der Waals surface area (Å²) >= 11 is 0. The van der Waals surface area contributed by atoms with Crippen molar-refractivity contribution in [2.75, 3.05) is 18.0 Å². The standard InChI is InChI=1S/C12H15N/c1-2-4-11(5-3-1)13-9-8-12(10-13)6-7-12/h1-5H,6-10H2. The summed E-state index contributed by atoms with van der Waals surface area (Å²) in [7, 11) is 0. The Bertz CT molecular complexity index is 300. The number of hydrogen-bond acceptors (Lipinski definition) is 1. The summed E-state index contributed by atoms with van der Waals surface area (Å²) in [6.07, 6.45) is 4.36. The molecule has 0 unspecified atom stereocenters. The maximum absolute atomic E-state index is 2.53. The maximum atomic E-state index is 2.53. The van der Waals surface area contributed by atoms with Crippen LogP contribution in [0.3, 0.4) is 0 Å². The van der Waals surface area contributed by atoms with Crippen molar-refractivity contribution in [3.05, 3.63) is 30.3 Å². The van der Waals surface area contributed by atoms with Crippen molar-refractivity contribution in [2.45, 2.75) is 19.3 Å². The van der Waals surface area contributed by atoms with E-state index in [1.807, 2.05) is 0 Å². The third kappa shape index (κ3) is 1.23. The summed E-state index contributed by atoms with van der Waals surface area (Å²) in [6.45, 7) is 2.57. The molecule has 2 aliphatic rings. The van der Waals surface area contributed by atoms with Gasteiger partial charge in [0, 0.05) is 18.8 Å². The number of rotatable bonds is 1. The Labute approximate surface area is 79.4 Å². The van der Waals surface area contributed by atoms with Gasteiger partial charge in [-0.3, -0.25) is 0 Å². The van der Waals surface area contributed by atoms with Gasteiger partial charge in [-0.1, -0.05) is 18.2 Å². The van der Waals surface area contributed by atoms with E-state index in [2.05, 4.69) is 35.2 Å². The van der Waals surface area contributed by atoms with Gasteiger partial charge in [0.15, 0.2) is 0 Å². The molecule has 1 saturated heterocycles. The van der Waals surface area contributed by atoms with E-state index in [4.69, 9.17) is 0 Å². The SMILES string of the molecule is c1ccc(N2CCC3(CC3)C2)cc1. The fourth-order valence-electron chi connectivity index (χ4n) is 2.38. The van der Waals surface area contributed by atoms with Gasteiger partial charge in [-0.15, -0.1) is 0 Å². The molecule has 3 rings (SSSR count). The minimum atomic E-state index is 0.746. The van der Waals surface area contributed by atoms with E-state index in [1.54, 1.807) is 0 Å². The molecule has 0 bridgehead atoms. The normalized spacial score (nSPS) is 23.8. The van der Waals surface area contributed by atoms with E-state index in [1.165, 1.54) is 38.0 Å². The van der Waals surface area contributed by atoms with Crippen LogP contribution in [0.4, 0.5) is 5.69 Å². The molecule has 0 radical (unpaired) electrons. The molecule has 13 heavy (non-hydrogen) atoms. The Morgan fingerprint density at radius 2 is 1.77 bits per heavy atom. The van der Waals surface area contributed by atoms with Gasteiger partial charge in [0.1, 0.15) is 0 Å². The minimum Gasteiger partial charge on any atom is -0.371 e. The Hall–Kier alpha value is -0.980. The molecular formula is C12H15N. The lowest BCUT2D eigenvalue weighted by molar-refractivity contribution is 0.581. The molecule has 1 heteroatoms. The minimum absolute atomic E-state index is 0.746. The second-order valence-electron chi connectivity index (χ2n) is 4.51. The highest BCUT2D eigenvalue weighted by molar-refractivity contribution is 5.47. The van der Waals surface area contributed by atoms with Crippen LogP contribution in [0.5, 0.6) is 0 Å². The van der Waals surface area contributed by atoms with E-state index in [9.17, 15) is 0 Å². The van der Waals surface area contributed by atoms with Gasteiger partial charge >= 0.3 is 0 Å². The molecule has 0 atom stereocenters. The van der Waals surface area contributed by atoms with Crippen molar-refractivity contribution in [3.63, 3.8) is 0 Å². The lowest BCUT2D eigenvalue weighted by Crippen LogP contribution is -2.19. The Morgan fingerprint density at radius 1 is 1.00 bits per heavy atom. The molecule has 1 aliphatic carbocycles. The predicted molar refractivity (Wildman–Crippen MR) is 54.9 cm³/mol. The van der Waals surface area contributed by atoms with E-state index < -0.39 is 0 Å². The van der Waals surface area contributed by atoms with Crippen LogP contribution >= 0.6 is 0 Å². The van der Waals surface area contributed by atoms with Gasteiger partial charge in [0.25, 0.3) is 0 Å². The quantitative estimate of drug-likeness (QED) is 0.631. The zero-order chi connectivity index (χ0) is 8.73. The zero-order valence-electron chi connectivity index (χ0n) is 7.87. The number of para-hydroxylation sites is 1. The zero-order valence-corrected chi connectivity index (χ0v) is 7.87. The second kappa shape index (κ2) is 2.50. The van der Waals surface area contributed by atoms with Crippen LogP contribution in [0.25, 0.3) is 0 Å². The van der Waals surface area contributed by atoms with Crippen molar-refractivity contribution in [1.29, 1.82) is 0 Å². The molecular weight excluding hydrogens is 158 g/mol. The van der Waals surface area contributed by atoms with Gasteiger partial charge in [-0.25, -0.2) is 0 Å². The smallest absolute Gasteiger partial charge is 0.0366 e. The summed E-state index contributed by atoms with van der Waals surface area (Å²) in [5.74, 6) is 0. The molecule has 68 valence electrons. The van der Waals surface area contributed by atoms with Gasteiger partial charge in [0.05, 0.1) is 0 Å². The lowest BCUT2D eigenvalue weighted by atomic mass is 10.1. The molecule has 1 spiro atoms. The average molecular weight is 173 g/mol. The van der Waals surface area contributed by atoms with Crippen LogP contribution in [0, 0.1) is 5.41 Å². The first-order valence-electron chi connectivity index (χ1n) is 5.18. The molecule has 0 aromatic heterocycles. The topological polar surface area (TPSA) is 3.24 Å². The molecule has 0 N–H and O–H groups in total. The van der Waals surface area contributed by atoms with Crippen LogP contribution in [-0.4, -0.2) is 13.1 Å². The molecule has 1 aromatic rings. The first-order chi connectivity index (χ1) is 6.38. The monoisotopic (exact) mass is 173 g/mol. The summed E-state index contributed by atoms with van der Waals surface area (Å²) in [6, 6.07) is 10.8. The van der Waals surface area contributed by atoms with Crippen LogP contribution in [0.2, 0.25) is 0 Å². The number of nitrogens with zero attached hydrogens (tertiary/aromatic N) is 1.